The second kappa shape index (κ2) is 5.64. The summed E-state index contributed by atoms with van der Waals surface area (Å²) in [5.41, 5.74) is 2.91. The molecule has 0 aromatic carbocycles. The number of hydrogen-bond acceptors (Lipinski definition) is 6. The molecule has 1 aromatic rings. The van der Waals surface area contributed by atoms with E-state index in [9.17, 15) is 4.79 Å². The highest BCUT2D eigenvalue weighted by molar-refractivity contribution is 7.17. The van der Waals surface area contributed by atoms with Crippen molar-refractivity contribution in [1.29, 1.82) is 0 Å². The van der Waals surface area contributed by atoms with Crippen LogP contribution in [-0.4, -0.2) is 48.5 Å². The predicted molar refractivity (Wildman–Crippen MR) is 72.8 cm³/mol. The van der Waals surface area contributed by atoms with Gasteiger partial charge in [0.2, 0.25) is 0 Å². The molecular formula is C11H19N5OS. The van der Waals surface area contributed by atoms with E-state index in [4.69, 9.17) is 5.84 Å². The first kappa shape index (κ1) is 13.3. The number of piperazine rings is 1. The zero-order valence-electron chi connectivity index (χ0n) is 10.8. The Morgan fingerprint density at radius 3 is 2.67 bits per heavy atom. The minimum atomic E-state index is -0.261. The summed E-state index contributed by atoms with van der Waals surface area (Å²) in [5, 5.41) is 0.918. The standard InChI is InChI=1S/C11H19N5OS/c1-3-15-4-6-16(7-5-15)11-13-8(2)9(18-11)10(17)14-12/h3-7,12H2,1-2H3,(H,14,17). The highest BCUT2D eigenvalue weighted by atomic mass is 32.1. The second-order valence-corrected chi connectivity index (χ2v) is 5.28. The lowest BCUT2D eigenvalue weighted by molar-refractivity contribution is 0.0957. The van der Waals surface area contributed by atoms with Gasteiger partial charge in [-0.25, -0.2) is 10.8 Å². The smallest absolute Gasteiger partial charge is 0.277 e. The number of likely N-dealkylation sites (N-methyl/N-ethyl adjacent to an activating group) is 1. The van der Waals surface area contributed by atoms with Crippen LogP contribution in [0.5, 0.6) is 0 Å². The largest absolute Gasteiger partial charge is 0.346 e. The van der Waals surface area contributed by atoms with Crippen molar-refractivity contribution in [2.45, 2.75) is 13.8 Å². The molecule has 0 spiro atoms. The molecule has 6 nitrogen and oxygen atoms in total. The molecule has 0 atom stereocenters. The van der Waals surface area contributed by atoms with Crippen molar-refractivity contribution < 1.29 is 4.79 Å². The maximum Gasteiger partial charge on any atom is 0.277 e. The highest BCUT2D eigenvalue weighted by Crippen LogP contribution is 2.26. The number of anilines is 1. The lowest BCUT2D eigenvalue weighted by Crippen LogP contribution is -2.46. The van der Waals surface area contributed by atoms with Crippen LogP contribution in [0.4, 0.5) is 5.13 Å². The van der Waals surface area contributed by atoms with Gasteiger partial charge < -0.3 is 9.80 Å². The number of hydrazine groups is 1. The predicted octanol–water partition coefficient (Wildman–Crippen LogP) is 0.197. The maximum absolute atomic E-state index is 11.5. The zero-order valence-corrected chi connectivity index (χ0v) is 11.6. The molecule has 7 heteroatoms. The van der Waals surface area contributed by atoms with Gasteiger partial charge in [-0.2, -0.15) is 0 Å². The quantitative estimate of drug-likeness (QED) is 0.466. The molecule has 0 aliphatic carbocycles. The number of hydrogen-bond donors (Lipinski definition) is 2. The maximum atomic E-state index is 11.5. The molecule has 100 valence electrons. The number of carbonyl (C=O) groups excluding carboxylic acids is 1. The average molecular weight is 269 g/mol. The van der Waals surface area contributed by atoms with Crippen LogP contribution < -0.4 is 16.2 Å². The summed E-state index contributed by atoms with van der Waals surface area (Å²) >= 11 is 1.41. The second-order valence-electron chi connectivity index (χ2n) is 4.31. The summed E-state index contributed by atoms with van der Waals surface area (Å²) in [7, 11) is 0. The van der Waals surface area contributed by atoms with Gasteiger partial charge in [-0.15, -0.1) is 0 Å². The van der Waals surface area contributed by atoms with Crippen LogP contribution in [0.1, 0.15) is 22.3 Å². The van der Waals surface area contributed by atoms with Crippen molar-refractivity contribution in [1.82, 2.24) is 15.3 Å². The van der Waals surface area contributed by atoms with Crippen LogP contribution in [0.3, 0.4) is 0 Å². The van der Waals surface area contributed by atoms with Crippen molar-refractivity contribution in [3.05, 3.63) is 10.6 Å². The number of nitrogen functional groups attached to an aromatic ring is 1. The van der Waals surface area contributed by atoms with Gasteiger partial charge in [-0.3, -0.25) is 10.2 Å². The summed E-state index contributed by atoms with van der Waals surface area (Å²) in [6, 6.07) is 0. The summed E-state index contributed by atoms with van der Waals surface area (Å²) in [4.78, 5) is 21.2. The lowest BCUT2D eigenvalue weighted by atomic mass is 10.3. The Labute approximate surface area is 111 Å². The van der Waals surface area contributed by atoms with Crippen LogP contribution in [0, 0.1) is 6.92 Å². The van der Waals surface area contributed by atoms with Crippen LogP contribution in [0.25, 0.3) is 0 Å². The average Bonchev–Trinajstić information content (AvgIpc) is 2.80. The number of nitrogens with zero attached hydrogens (tertiary/aromatic N) is 3. The van der Waals surface area contributed by atoms with Crippen molar-refractivity contribution in [3.8, 4) is 0 Å². The molecule has 18 heavy (non-hydrogen) atoms. The van der Waals surface area contributed by atoms with Crippen molar-refractivity contribution >= 4 is 22.4 Å². The van der Waals surface area contributed by atoms with E-state index in [0.717, 1.165) is 43.5 Å². The summed E-state index contributed by atoms with van der Waals surface area (Å²) in [6.45, 7) is 9.13. The number of aromatic nitrogens is 1. The van der Waals surface area contributed by atoms with E-state index < -0.39 is 0 Å². The molecule has 1 aromatic heterocycles. The minimum absolute atomic E-state index is 0.261. The Bertz CT molecular complexity index is 425. The van der Waals surface area contributed by atoms with Crippen LogP contribution in [-0.2, 0) is 0 Å². The first-order valence-corrected chi connectivity index (χ1v) is 6.93. The number of aryl methyl sites for hydroxylation is 1. The van der Waals surface area contributed by atoms with Crippen LogP contribution in [0.15, 0.2) is 0 Å². The molecule has 2 rings (SSSR count). The van der Waals surface area contributed by atoms with Gasteiger partial charge in [-0.1, -0.05) is 18.3 Å². The van der Waals surface area contributed by atoms with Gasteiger partial charge in [0, 0.05) is 26.2 Å². The van der Waals surface area contributed by atoms with E-state index in [2.05, 4.69) is 27.1 Å². The van der Waals surface area contributed by atoms with Crippen molar-refractivity contribution in [2.75, 3.05) is 37.6 Å². The molecular weight excluding hydrogens is 250 g/mol. The van der Waals surface area contributed by atoms with Gasteiger partial charge in [0.05, 0.1) is 5.69 Å². The summed E-state index contributed by atoms with van der Waals surface area (Å²) < 4.78 is 0. The van der Waals surface area contributed by atoms with Crippen molar-refractivity contribution in [3.63, 3.8) is 0 Å². The number of carbonyl (C=O) groups is 1. The Balaban J connectivity index is 2.08. The summed E-state index contributed by atoms with van der Waals surface area (Å²) in [5.74, 6) is 4.90. The van der Waals surface area contributed by atoms with Gasteiger partial charge in [-0.05, 0) is 13.5 Å². The fraction of sp³-hybridized carbons (Fsp3) is 0.636. The number of nitrogens with two attached hydrogens (primary N) is 1. The molecule has 1 saturated heterocycles. The molecule has 1 fully saturated rings. The number of thiazole rings is 1. The van der Waals surface area contributed by atoms with E-state index in [-0.39, 0.29) is 5.91 Å². The van der Waals surface area contributed by atoms with E-state index in [1.165, 1.54) is 11.3 Å². The van der Waals surface area contributed by atoms with Gasteiger partial charge in [0.25, 0.3) is 5.91 Å². The van der Waals surface area contributed by atoms with Crippen LogP contribution >= 0.6 is 11.3 Å². The molecule has 1 amide bonds. The topological polar surface area (TPSA) is 74.5 Å². The van der Waals surface area contributed by atoms with Gasteiger partial charge in [0.15, 0.2) is 5.13 Å². The van der Waals surface area contributed by atoms with Crippen LogP contribution in [0.2, 0.25) is 0 Å². The number of amides is 1. The molecule has 0 unspecified atom stereocenters. The fourth-order valence-electron chi connectivity index (χ4n) is 2.05. The fourth-order valence-corrected chi connectivity index (χ4v) is 3.07. The molecule has 1 aliphatic rings. The van der Waals surface area contributed by atoms with E-state index in [1.54, 1.807) is 0 Å². The summed E-state index contributed by atoms with van der Waals surface area (Å²) in [6.07, 6.45) is 0. The minimum Gasteiger partial charge on any atom is -0.346 e. The third kappa shape index (κ3) is 2.63. The van der Waals surface area contributed by atoms with E-state index in [1.807, 2.05) is 6.92 Å². The van der Waals surface area contributed by atoms with Crippen molar-refractivity contribution in [2.24, 2.45) is 5.84 Å². The molecule has 0 bridgehead atoms. The number of nitrogens with one attached hydrogen (secondary N) is 1. The molecule has 1 aliphatic heterocycles. The molecule has 3 N–H and O–H groups in total. The van der Waals surface area contributed by atoms with Gasteiger partial charge in [0.1, 0.15) is 4.88 Å². The number of rotatable bonds is 3. The zero-order chi connectivity index (χ0) is 13.1. The highest BCUT2D eigenvalue weighted by Gasteiger charge is 2.21. The molecule has 2 heterocycles. The SMILES string of the molecule is CCN1CCN(c2nc(C)c(C(=O)NN)s2)CC1. The van der Waals surface area contributed by atoms with E-state index in [0.29, 0.717) is 4.88 Å². The third-order valence-corrected chi connectivity index (χ3v) is 4.43. The molecule has 0 radical (unpaired) electrons. The normalized spacial score (nSPS) is 16.9. The first-order valence-electron chi connectivity index (χ1n) is 6.11. The van der Waals surface area contributed by atoms with E-state index >= 15 is 0 Å². The Kier molecular flexibility index (Phi) is 4.15. The molecule has 0 saturated carbocycles. The first-order chi connectivity index (χ1) is 8.65. The Morgan fingerprint density at radius 2 is 2.11 bits per heavy atom. The Morgan fingerprint density at radius 1 is 1.44 bits per heavy atom. The lowest BCUT2D eigenvalue weighted by Gasteiger charge is -2.33. The van der Waals surface area contributed by atoms with Gasteiger partial charge >= 0.3 is 0 Å². The monoisotopic (exact) mass is 269 g/mol. The Hall–Kier alpha value is -1.18. The third-order valence-electron chi connectivity index (χ3n) is 3.21.